The lowest BCUT2D eigenvalue weighted by Crippen LogP contribution is -2.56. The number of carbonyl (C=O) groups excluding carboxylic acids is 2. The monoisotopic (exact) mass is 664 g/mol. The summed E-state index contributed by atoms with van der Waals surface area (Å²) in [6.07, 6.45) is 4.67. The third-order valence-corrected chi connectivity index (χ3v) is 10.3. The molecule has 1 spiro atoms. The number of halogens is 1. The summed E-state index contributed by atoms with van der Waals surface area (Å²) in [6.45, 7) is 8.27. The Hall–Kier alpha value is -3.23. The Morgan fingerprint density at radius 1 is 1.16 bits per heavy atom. The van der Waals surface area contributed by atoms with Crippen LogP contribution in [0.1, 0.15) is 73.6 Å². The Morgan fingerprint density at radius 2 is 1.98 bits per heavy atom. The van der Waals surface area contributed by atoms with Crippen molar-refractivity contribution in [2.24, 2.45) is 5.41 Å². The molecule has 4 aliphatic rings. The van der Waals surface area contributed by atoms with Gasteiger partial charge in [0.2, 0.25) is 0 Å². The molecule has 3 heterocycles. The second kappa shape index (κ2) is 11.9. The molecule has 0 radical (unpaired) electrons. The van der Waals surface area contributed by atoms with Gasteiger partial charge in [-0.05, 0) is 90.1 Å². The highest BCUT2D eigenvalue weighted by molar-refractivity contribution is 9.10. The van der Waals surface area contributed by atoms with Crippen LogP contribution >= 0.6 is 15.9 Å². The van der Waals surface area contributed by atoms with Gasteiger partial charge in [-0.3, -0.25) is 4.79 Å². The Kier molecular flexibility index (Phi) is 8.35. The van der Waals surface area contributed by atoms with Gasteiger partial charge in [0.25, 0.3) is 0 Å². The van der Waals surface area contributed by atoms with Gasteiger partial charge in [0, 0.05) is 41.1 Å². The molecule has 10 nitrogen and oxygen atoms in total. The van der Waals surface area contributed by atoms with Crippen molar-refractivity contribution in [3.05, 3.63) is 45.1 Å². The van der Waals surface area contributed by atoms with E-state index in [1.165, 1.54) is 11.1 Å². The van der Waals surface area contributed by atoms with Gasteiger partial charge in [0.1, 0.15) is 23.7 Å². The summed E-state index contributed by atoms with van der Waals surface area (Å²) < 4.78 is 12.9. The fraction of sp³-hybridized carbons (Fsp3) is 0.606. The van der Waals surface area contributed by atoms with Crippen molar-refractivity contribution < 1.29 is 19.1 Å². The number of nitriles is 1. The number of rotatable bonds is 5. The van der Waals surface area contributed by atoms with E-state index in [1.54, 1.807) is 4.90 Å². The predicted octanol–water partition coefficient (Wildman–Crippen LogP) is 4.97. The molecule has 1 aromatic carbocycles. The van der Waals surface area contributed by atoms with Crippen LogP contribution in [0.25, 0.3) is 0 Å². The maximum absolute atomic E-state index is 14.5. The number of ether oxygens (including phenoxy) is 2. The Bertz CT molecular complexity index is 1500. The molecule has 234 valence electrons. The van der Waals surface area contributed by atoms with E-state index in [1.807, 2.05) is 32.9 Å². The number of carbonyl (C=O) groups is 2. The maximum atomic E-state index is 14.5. The third-order valence-electron chi connectivity index (χ3n) is 9.59. The van der Waals surface area contributed by atoms with Crippen LogP contribution in [0.5, 0.6) is 6.01 Å². The topological polar surface area (TPSA) is 112 Å². The molecule has 44 heavy (non-hydrogen) atoms. The minimum Gasteiger partial charge on any atom is -0.462 e. The largest absolute Gasteiger partial charge is 0.462 e. The van der Waals surface area contributed by atoms with Crippen molar-refractivity contribution in [3.8, 4) is 12.1 Å². The summed E-state index contributed by atoms with van der Waals surface area (Å²) in [5.74, 6) is 0.728. The van der Waals surface area contributed by atoms with Crippen molar-refractivity contribution in [1.82, 2.24) is 19.8 Å². The summed E-state index contributed by atoms with van der Waals surface area (Å²) in [5.41, 5.74) is 2.53. The summed E-state index contributed by atoms with van der Waals surface area (Å²) in [6, 6.07) is 8.55. The molecule has 11 heteroatoms. The molecule has 3 atom stereocenters. The van der Waals surface area contributed by atoms with Gasteiger partial charge in [-0.1, -0.05) is 28.1 Å². The molecular weight excluding hydrogens is 624 g/mol. The van der Waals surface area contributed by atoms with Crippen LogP contribution in [0.4, 0.5) is 10.6 Å². The molecule has 1 unspecified atom stereocenters. The molecule has 6 rings (SSSR count). The molecule has 2 aliphatic heterocycles. The predicted molar refractivity (Wildman–Crippen MR) is 169 cm³/mol. The number of aromatic nitrogens is 2. The average Bonchev–Trinajstić information content (AvgIpc) is 3.57. The number of amides is 1. The first-order valence-electron chi connectivity index (χ1n) is 15.6. The zero-order valence-corrected chi connectivity index (χ0v) is 27.7. The van der Waals surface area contributed by atoms with E-state index in [-0.39, 0.29) is 30.3 Å². The smallest absolute Gasteiger partial charge is 0.410 e. The molecule has 2 aromatic rings. The molecule has 1 aromatic heterocycles. The number of anilines is 1. The lowest BCUT2D eigenvalue weighted by Gasteiger charge is -2.42. The lowest BCUT2D eigenvalue weighted by molar-refractivity contribution is 0.0144. The quantitative estimate of drug-likeness (QED) is 0.437. The van der Waals surface area contributed by atoms with Crippen LogP contribution in [-0.2, 0) is 24.0 Å². The number of Topliss-reactive ketones (excluding diaryl/α,β-unsaturated/α-hetero) is 1. The summed E-state index contributed by atoms with van der Waals surface area (Å²) in [4.78, 5) is 43.3. The van der Waals surface area contributed by atoms with Crippen molar-refractivity contribution in [2.75, 3.05) is 44.7 Å². The van der Waals surface area contributed by atoms with Crippen LogP contribution in [0.3, 0.4) is 0 Å². The van der Waals surface area contributed by atoms with Gasteiger partial charge in [-0.15, -0.1) is 0 Å². The molecule has 2 aliphatic carbocycles. The summed E-state index contributed by atoms with van der Waals surface area (Å²) >= 11 is 3.70. The maximum Gasteiger partial charge on any atom is 0.410 e. The number of hydrogen-bond donors (Lipinski definition) is 0. The SMILES string of the molecule is CN1CCC[C@H]1COc1nc2c(c(N3CCN(C(=O)OC(C)(C)C)[C@@H](CC#N)C3)n1)CCC1(Cc3cccc(Br)c3C1)C2=O. The Balaban J connectivity index is 1.32. The Morgan fingerprint density at radius 3 is 2.68 bits per heavy atom. The van der Waals surface area contributed by atoms with Crippen LogP contribution in [0.15, 0.2) is 22.7 Å². The van der Waals surface area contributed by atoms with E-state index < -0.39 is 17.1 Å². The van der Waals surface area contributed by atoms with Gasteiger partial charge in [-0.25, -0.2) is 4.79 Å². The summed E-state index contributed by atoms with van der Waals surface area (Å²) in [7, 11) is 2.10. The van der Waals surface area contributed by atoms with Gasteiger partial charge < -0.3 is 24.2 Å². The number of likely N-dealkylation sites (tertiary alicyclic amines) is 1. The third kappa shape index (κ3) is 5.91. The number of benzene rings is 1. The zero-order chi connectivity index (χ0) is 31.2. The van der Waals surface area contributed by atoms with Gasteiger partial charge in [0.15, 0.2) is 5.78 Å². The fourth-order valence-corrected chi connectivity index (χ4v) is 7.79. The van der Waals surface area contributed by atoms with Crippen molar-refractivity contribution in [1.29, 1.82) is 5.26 Å². The van der Waals surface area contributed by atoms with E-state index in [9.17, 15) is 14.9 Å². The van der Waals surface area contributed by atoms with Crippen molar-refractivity contribution >= 4 is 33.6 Å². The average molecular weight is 666 g/mol. The first-order valence-corrected chi connectivity index (χ1v) is 16.4. The van der Waals surface area contributed by atoms with Crippen LogP contribution in [0, 0.1) is 16.7 Å². The van der Waals surface area contributed by atoms with Crippen LogP contribution in [0.2, 0.25) is 0 Å². The molecule has 0 bridgehead atoms. The molecule has 2 fully saturated rings. The van der Waals surface area contributed by atoms with Crippen LogP contribution in [-0.4, -0.2) is 89.2 Å². The van der Waals surface area contributed by atoms with E-state index in [4.69, 9.17) is 19.4 Å². The van der Waals surface area contributed by atoms with Crippen molar-refractivity contribution in [3.63, 3.8) is 0 Å². The molecule has 0 saturated carbocycles. The normalized spacial score (nSPS) is 25.1. The number of nitrogens with zero attached hydrogens (tertiary/aromatic N) is 6. The molecule has 1 amide bonds. The first-order chi connectivity index (χ1) is 21.0. The molecule has 0 N–H and O–H groups in total. The van der Waals surface area contributed by atoms with Crippen molar-refractivity contribution in [2.45, 2.75) is 83.4 Å². The van der Waals surface area contributed by atoms with E-state index in [2.05, 4.69) is 44.9 Å². The molecule has 2 saturated heterocycles. The number of ketones is 1. The first kappa shape index (κ1) is 30.8. The fourth-order valence-electron chi connectivity index (χ4n) is 7.24. The highest BCUT2D eigenvalue weighted by Gasteiger charge is 2.49. The minimum atomic E-state index is -0.636. The number of piperazine rings is 1. The second-order valence-electron chi connectivity index (χ2n) is 13.7. The zero-order valence-electron chi connectivity index (χ0n) is 26.1. The van der Waals surface area contributed by atoms with Gasteiger partial charge in [0.05, 0.1) is 18.5 Å². The highest BCUT2D eigenvalue weighted by atomic mass is 79.9. The second-order valence-corrected chi connectivity index (χ2v) is 14.6. The number of fused-ring (bicyclic) bond motifs is 2. The lowest BCUT2D eigenvalue weighted by atomic mass is 9.70. The highest BCUT2D eigenvalue weighted by Crippen LogP contribution is 2.49. The van der Waals surface area contributed by atoms with Crippen LogP contribution < -0.4 is 9.64 Å². The van der Waals surface area contributed by atoms with E-state index in [0.29, 0.717) is 63.4 Å². The van der Waals surface area contributed by atoms with Gasteiger partial charge >= 0.3 is 12.1 Å². The molecular formula is C33H41BrN6O4. The minimum absolute atomic E-state index is 0.0503. The number of hydrogen-bond acceptors (Lipinski definition) is 9. The van der Waals surface area contributed by atoms with Gasteiger partial charge in [-0.2, -0.15) is 15.2 Å². The Labute approximate surface area is 267 Å². The number of likely N-dealkylation sites (N-methyl/N-ethyl adjacent to an activating group) is 1. The summed E-state index contributed by atoms with van der Waals surface area (Å²) in [5, 5.41) is 9.64. The van der Waals surface area contributed by atoms with E-state index in [0.717, 1.165) is 29.4 Å². The standard InChI is InChI=1S/C33H41BrN6O4/c1-32(2,3)44-31(42)40-16-15-39(19-22(40)11-13-35)29-24-10-12-33(17-21-7-5-9-26(34)25(21)18-33)28(41)27(24)36-30(37-29)43-20-23-8-6-14-38(23)4/h5,7,9,22-23H,6,8,10-12,14-20H2,1-4H3/t22-,23-,33?/m0/s1. The van der Waals surface area contributed by atoms with E-state index >= 15 is 0 Å².